The monoisotopic (exact) mass is 191 g/mol. The number of hydrogen-bond donors (Lipinski definition) is 1. The molecule has 1 aromatic heterocycles. The number of pyridine rings is 1. The molecule has 2 N–H and O–H groups in total. The molecule has 0 bridgehead atoms. The van der Waals surface area contributed by atoms with Crippen molar-refractivity contribution >= 4 is 5.82 Å². The maximum absolute atomic E-state index is 11.4. The normalized spacial score (nSPS) is 10.1. The fourth-order valence-electron chi connectivity index (χ4n) is 1.24. The maximum atomic E-state index is 11.4. The molecule has 0 aliphatic rings. The Morgan fingerprint density at radius 3 is 2.71 bits per heavy atom. The Hall–Kier alpha value is -1.76. The van der Waals surface area contributed by atoms with Crippen LogP contribution in [-0.4, -0.2) is 4.57 Å². The summed E-state index contributed by atoms with van der Waals surface area (Å²) >= 11 is 0. The van der Waals surface area contributed by atoms with Gasteiger partial charge in [0.05, 0.1) is 5.56 Å². The first-order chi connectivity index (χ1) is 6.56. The van der Waals surface area contributed by atoms with Crippen molar-refractivity contribution in [1.82, 2.24) is 4.57 Å². The van der Waals surface area contributed by atoms with Crippen molar-refractivity contribution in [2.75, 3.05) is 5.73 Å². The second kappa shape index (κ2) is 3.97. The van der Waals surface area contributed by atoms with Gasteiger partial charge in [0, 0.05) is 12.6 Å². The van der Waals surface area contributed by atoms with Crippen molar-refractivity contribution < 1.29 is 0 Å². The summed E-state index contributed by atoms with van der Waals surface area (Å²) in [4.78, 5) is 11.4. The van der Waals surface area contributed by atoms with E-state index in [0.29, 0.717) is 18.0 Å². The number of hydrogen-bond acceptors (Lipinski definition) is 3. The van der Waals surface area contributed by atoms with E-state index in [4.69, 9.17) is 11.0 Å². The van der Waals surface area contributed by atoms with Gasteiger partial charge in [-0.25, -0.2) is 0 Å². The lowest BCUT2D eigenvalue weighted by molar-refractivity contribution is 0.516. The van der Waals surface area contributed by atoms with Crippen LogP contribution in [0.2, 0.25) is 0 Å². The van der Waals surface area contributed by atoms with Crippen LogP contribution in [0.15, 0.2) is 16.9 Å². The summed E-state index contributed by atoms with van der Waals surface area (Å²) in [6.07, 6.45) is 0. The average molecular weight is 191 g/mol. The van der Waals surface area contributed by atoms with Gasteiger partial charge in [-0.15, -0.1) is 0 Å². The number of rotatable bonds is 2. The summed E-state index contributed by atoms with van der Waals surface area (Å²) in [7, 11) is 0. The van der Waals surface area contributed by atoms with Gasteiger partial charge in [-0.3, -0.25) is 9.36 Å². The lowest BCUT2D eigenvalue weighted by Crippen LogP contribution is -2.25. The third kappa shape index (κ3) is 1.94. The molecular weight excluding hydrogens is 178 g/mol. The highest BCUT2D eigenvalue weighted by molar-refractivity contribution is 5.48. The molecule has 0 fully saturated rings. The van der Waals surface area contributed by atoms with Crippen LogP contribution in [-0.2, 0) is 6.54 Å². The topological polar surface area (TPSA) is 71.8 Å². The SMILES string of the molecule is CC(C)Cn1c(N)c(C#N)ccc1=O. The van der Waals surface area contributed by atoms with Crippen LogP contribution in [0.4, 0.5) is 5.82 Å². The Kier molecular flexibility index (Phi) is 2.92. The molecule has 0 amide bonds. The number of nitrogens with two attached hydrogens (primary N) is 1. The first-order valence-electron chi connectivity index (χ1n) is 4.45. The molecule has 74 valence electrons. The Morgan fingerprint density at radius 2 is 2.21 bits per heavy atom. The molecule has 0 spiro atoms. The smallest absolute Gasteiger partial charge is 0.252 e. The second-order valence-corrected chi connectivity index (χ2v) is 3.59. The molecule has 0 aliphatic heterocycles. The Balaban J connectivity index is 3.27. The van der Waals surface area contributed by atoms with E-state index >= 15 is 0 Å². The molecule has 1 heterocycles. The van der Waals surface area contributed by atoms with Gasteiger partial charge in [0.1, 0.15) is 11.9 Å². The summed E-state index contributed by atoms with van der Waals surface area (Å²) in [6.45, 7) is 4.52. The average Bonchev–Trinajstić information content (AvgIpc) is 2.12. The van der Waals surface area contributed by atoms with E-state index in [2.05, 4.69) is 0 Å². The van der Waals surface area contributed by atoms with E-state index in [-0.39, 0.29) is 11.4 Å². The van der Waals surface area contributed by atoms with E-state index in [0.717, 1.165) is 0 Å². The molecule has 0 aromatic carbocycles. The molecule has 0 unspecified atom stereocenters. The number of anilines is 1. The van der Waals surface area contributed by atoms with Crippen molar-refractivity contribution in [2.45, 2.75) is 20.4 Å². The zero-order chi connectivity index (χ0) is 10.7. The highest BCUT2D eigenvalue weighted by Gasteiger charge is 2.07. The molecule has 0 saturated carbocycles. The van der Waals surface area contributed by atoms with Gasteiger partial charge < -0.3 is 5.73 Å². The highest BCUT2D eigenvalue weighted by atomic mass is 16.1. The standard InChI is InChI=1S/C10H13N3O/c1-7(2)6-13-9(14)4-3-8(5-11)10(13)12/h3-4,7H,6,12H2,1-2H3. The minimum atomic E-state index is -0.157. The molecule has 0 atom stereocenters. The first-order valence-corrected chi connectivity index (χ1v) is 4.45. The van der Waals surface area contributed by atoms with Gasteiger partial charge in [-0.05, 0) is 12.0 Å². The van der Waals surface area contributed by atoms with Crippen LogP contribution in [0, 0.1) is 17.2 Å². The highest BCUT2D eigenvalue weighted by Crippen LogP contribution is 2.09. The van der Waals surface area contributed by atoms with Crippen molar-refractivity contribution in [3.63, 3.8) is 0 Å². The minimum Gasteiger partial charge on any atom is -0.384 e. The number of nitrogens with zero attached hydrogens (tertiary/aromatic N) is 2. The zero-order valence-corrected chi connectivity index (χ0v) is 8.32. The van der Waals surface area contributed by atoms with Crippen LogP contribution < -0.4 is 11.3 Å². The van der Waals surface area contributed by atoms with Crippen molar-refractivity contribution in [3.05, 3.63) is 28.0 Å². The van der Waals surface area contributed by atoms with Gasteiger partial charge >= 0.3 is 0 Å². The van der Waals surface area contributed by atoms with Gasteiger partial charge in [-0.1, -0.05) is 13.8 Å². The molecule has 1 aromatic rings. The minimum absolute atomic E-state index is 0.157. The van der Waals surface area contributed by atoms with E-state index in [1.165, 1.54) is 16.7 Å². The van der Waals surface area contributed by atoms with Crippen LogP contribution in [0.1, 0.15) is 19.4 Å². The van der Waals surface area contributed by atoms with E-state index in [1.54, 1.807) is 0 Å². The summed E-state index contributed by atoms with van der Waals surface area (Å²) in [5.41, 5.74) is 5.88. The summed E-state index contributed by atoms with van der Waals surface area (Å²) in [5, 5.41) is 8.72. The van der Waals surface area contributed by atoms with Gasteiger partial charge in [0.25, 0.3) is 5.56 Å². The number of aromatic nitrogens is 1. The lowest BCUT2D eigenvalue weighted by Gasteiger charge is -2.12. The van der Waals surface area contributed by atoms with E-state index in [9.17, 15) is 4.79 Å². The molecule has 0 radical (unpaired) electrons. The summed E-state index contributed by atoms with van der Waals surface area (Å²) in [5.74, 6) is 0.581. The Bertz CT molecular complexity index is 426. The summed E-state index contributed by atoms with van der Waals surface area (Å²) in [6, 6.07) is 4.78. The predicted octanol–water partition coefficient (Wildman–Crippen LogP) is 0.958. The van der Waals surface area contributed by atoms with Crippen LogP contribution in [0.25, 0.3) is 0 Å². The lowest BCUT2D eigenvalue weighted by atomic mass is 10.2. The fraction of sp³-hybridized carbons (Fsp3) is 0.400. The molecule has 4 nitrogen and oxygen atoms in total. The molecule has 4 heteroatoms. The Labute approximate surface area is 82.6 Å². The van der Waals surface area contributed by atoms with E-state index < -0.39 is 0 Å². The fourth-order valence-corrected chi connectivity index (χ4v) is 1.24. The Morgan fingerprint density at radius 1 is 1.57 bits per heavy atom. The molecular formula is C10H13N3O. The van der Waals surface area contributed by atoms with Crippen LogP contribution in [0.5, 0.6) is 0 Å². The number of nitrogen functional groups attached to an aromatic ring is 1. The second-order valence-electron chi connectivity index (χ2n) is 3.59. The quantitative estimate of drug-likeness (QED) is 0.756. The van der Waals surface area contributed by atoms with Crippen LogP contribution >= 0.6 is 0 Å². The molecule has 0 saturated heterocycles. The number of nitriles is 1. The van der Waals surface area contributed by atoms with Crippen molar-refractivity contribution in [1.29, 1.82) is 5.26 Å². The third-order valence-electron chi connectivity index (χ3n) is 1.89. The molecule has 1 rings (SSSR count). The zero-order valence-electron chi connectivity index (χ0n) is 8.32. The maximum Gasteiger partial charge on any atom is 0.252 e. The van der Waals surface area contributed by atoms with E-state index in [1.807, 2.05) is 19.9 Å². The van der Waals surface area contributed by atoms with Crippen molar-refractivity contribution in [3.8, 4) is 6.07 Å². The van der Waals surface area contributed by atoms with Gasteiger partial charge in [0.15, 0.2) is 0 Å². The third-order valence-corrected chi connectivity index (χ3v) is 1.89. The van der Waals surface area contributed by atoms with Gasteiger partial charge in [-0.2, -0.15) is 5.26 Å². The van der Waals surface area contributed by atoms with Gasteiger partial charge in [0.2, 0.25) is 0 Å². The molecule has 0 aliphatic carbocycles. The van der Waals surface area contributed by atoms with Crippen LogP contribution in [0.3, 0.4) is 0 Å². The first kappa shape index (κ1) is 10.3. The largest absolute Gasteiger partial charge is 0.384 e. The molecule has 14 heavy (non-hydrogen) atoms. The summed E-state index contributed by atoms with van der Waals surface area (Å²) < 4.78 is 1.43. The van der Waals surface area contributed by atoms with Crippen molar-refractivity contribution in [2.24, 2.45) is 5.92 Å². The predicted molar refractivity (Wildman–Crippen MR) is 54.7 cm³/mol.